The predicted molar refractivity (Wildman–Crippen MR) is 87.8 cm³/mol. The van der Waals surface area contributed by atoms with Gasteiger partial charge in [0.25, 0.3) is 0 Å². The SMILES string of the molecule is CC(=O)Nc1ccc2sc(-c3ccccc3)cc(=O)c2c1. The van der Waals surface area contributed by atoms with Crippen LogP contribution in [-0.4, -0.2) is 5.91 Å². The van der Waals surface area contributed by atoms with E-state index in [0.29, 0.717) is 11.1 Å². The summed E-state index contributed by atoms with van der Waals surface area (Å²) in [6, 6.07) is 16.9. The third kappa shape index (κ3) is 2.85. The van der Waals surface area contributed by atoms with E-state index in [1.54, 1.807) is 23.5 Å². The first-order valence-corrected chi connectivity index (χ1v) is 7.36. The van der Waals surface area contributed by atoms with Gasteiger partial charge in [-0.3, -0.25) is 9.59 Å². The van der Waals surface area contributed by atoms with Crippen molar-refractivity contribution >= 4 is 33.0 Å². The van der Waals surface area contributed by atoms with Crippen LogP contribution in [-0.2, 0) is 4.79 Å². The molecule has 21 heavy (non-hydrogen) atoms. The number of nitrogens with one attached hydrogen (secondary N) is 1. The molecule has 0 radical (unpaired) electrons. The second kappa shape index (κ2) is 5.50. The Hall–Kier alpha value is -2.46. The van der Waals surface area contributed by atoms with Crippen LogP contribution in [0.2, 0.25) is 0 Å². The molecule has 1 amide bonds. The smallest absolute Gasteiger partial charge is 0.221 e. The largest absolute Gasteiger partial charge is 0.326 e. The molecule has 104 valence electrons. The van der Waals surface area contributed by atoms with Crippen LogP contribution in [0.25, 0.3) is 20.5 Å². The average molecular weight is 295 g/mol. The van der Waals surface area contributed by atoms with E-state index in [1.807, 2.05) is 42.5 Å². The van der Waals surface area contributed by atoms with Gasteiger partial charge in [0.2, 0.25) is 5.91 Å². The Labute approximate surface area is 125 Å². The van der Waals surface area contributed by atoms with Crippen LogP contribution in [0.5, 0.6) is 0 Å². The van der Waals surface area contributed by atoms with Crippen LogP contribution in [0.3, 0.4) is 0 Å². The molecule has 0 aliphatic heterocycles. The van der Waals surface area contributed by atoms with Crippen molar-refractivity contribution in [1.82, 2.24) is 0 Å². The van der Waals surface area contributed by atoms with Gasteiger partial charge in [-0.1, -0.05) is 30.3 Å². The summed E-state index contributed by atoms with van der Waals surface area (Å²) in [6.07, 6.45) is 0. The molecule has 0 atom stereocenters. The molecule has 0 unspecified atom stereocenters. The van der Waals surface area contributed by atoms with Crippen LogP contribution in [0.15, 0.2) is 59.4 Å². The van der Waals surface area contributed by atoms with Crippen LogP contribution in [0.4, 0.5) is 5.69 Å². The third-order valence-electron chi connectivity index (χ3n) is 3.11. The van der Waals surface area contributed by atoms with Crippen molar-refractivity contribution in [2.24, 2.45) is 0 Å². The van der Waals surface area contributed by atoms with E-state index in [-0.39, 0.29) is 11.3 Å². The van der Waals surface area contributed by atoms with Gasteiger partial charge in [0.1, 0.15) is 0 Å². The number of fused-ring (bicyclic) bond motifs is 1. The summed E-state index contributed by atoms with van der Waals surface area (Å²) < 4.78 is 0.912. The lowest BCUT2D eigenvalue weighted by Gasteiger charge is -2.05. The molecule has 0 bridgehead atoms. The van der Waals surface area contributed by atoms with Crippen LogP contribution < -0.4 is 10.7 Å². The quantitative estimate of drug-likeness (QED) is 0.779. The summed E-state index contributed by atoms with van der Waals surface area (Å²) in [5.74, 6) is -0.147. The molecular formula is C17H13NO2S. The highest BCUT2D eigenvalue weighted by Gasteiger charge is 2.06. The zero-order valence-corrected chi connectivity index (χ0v) is 12.2. The lowest BCUT2D eigenvalue weighted by molar-refractivity contribution is -0.114. The Bertz CT molecular complexity index is 869. The van der Waals surface area contributed by atoms with Crippen molar-refractivity contribution in [2.45, 2.75) is 6.92 Å². The Morgan fingerprint density at radius 1 is 1.05 bits per heavy atom. The maximum Gasteiger partial charge on any atom is 0.221 e. The Kier molecular flexibility index (Phi) is 3.54. The first kappa shape index (κ1) is 13.5. The van der Waals surface area contributed by atoms with Gasteiger partial charge in [-0.25, -0.2) is 0 Å². The molecule has 4 heteroatoms. The molecule has 0 aliphatic carbocycles. The first-order valence-electron chi connectivity index (χ1n) is 6.54. The summed E-state index contributed by atoms with van der Waals surface area (Å²) >= 11 is 1.57. The van der Waals surface area contributed by atoms with Crippen molar-refractivity contribution in [1.29, 1.82) is 0 Å². The average Bonchev–Trinajstić information content (AvgIpc) is 2.48. The highest BCUT2D eigenvalue weighted by atomic mass is 32.1. The number of benzene rings is 2. The van der Waals surface area contributed by atoms with Gasteiger partial charge in [0, 0.05) is 33.6 Å². The number of carbonyl (C=O) groups excluding carboxylic acids is 1. The Morgan fingerprint density at radius 3 is 2.52 bits per heavy atom. The minimum absolute atomic E-state index is 0.0326. The molecule has 3 aromatic rings. The molecular weight excluding hydrogens is 282 g/mol. The number of rotatable bonds is 2. The molecule has 1 N–H and O–H groups in total. The van der Waals surface area contributed by atoms with Crippen molar-refractivity contribution in [2.75, 3.05) is 5.32 Å². The van der Waals surface area contributed by atoms with E-state index in [0.717, 1.165) is 15.1 Å². The Balaban J connectivity index is 2.14. The van der Waals surface area contributed by atoms with Crippen LogP contribution >= 0.6 is 11.3 Å². The number of amides is 1. The van der Waals surface area contributed by atoms with Gasteiger partial charge >= 0.3 is 0 Å². The molecule has 0 aliphatic rings. The highest BCUT2D eigenvalue weighted by Crippen LogP contribution is 2.29. The summed E-state index contributed by atoms with van der Waals surface area (Å²) in [4.78, 5) is 24.3. The molecule has 3 nitrogen and oxygen atoms in total. The van der Waals surface area contributed by atoms with E-state index in [2.05, 4.69) is 5.32 Å². The van der Waals surface area contributed by atoms with Gasteiger partial charge in [-0.05, 0) is 23.8 Å². The number of carbonyl (C=O) groups is 1. The summed E-state index contributed by atoms with van der Waals surface area (Å²) in [5.41, 5.74) is 1.65. The molecule has 0 saturated heterocycles. The van der Waals surface area contributed by atoms with Gasteiger partial charge in [-0.2, -0.15) is 0 Å². The van der Waals surface area contributed by atoms with Gasteiger partial charge in [0.05, 0.1) is 0 Å². The summed E-state index contributed by atoms with van der Waals surface area (Å²) in [5, 5.41) is 3.33. The van der Waals surface area contributed by atoms with Gasteiger partial charge in [0.15, 0.2) is 5.43 Å². The maximum atomic E-state index is 12.3. The zero-order chi connectivity index (χ0) is 14.8. The van der Waals surface area contributed by atoms with Crippen LogP contribution in [0.1, 0.15) is 6.92 Å². The van der Waals surface area contributed by atoms with Gasteiger partial charge in [-0.15, -0.1) is 11.3 Å². The molecule has 0 spiro atoms. The lowest BCUT2D eigenvalue weighted by atomic mass is 10.1. The number of anilines is 1. The van der Waals surface area contributed by atoms with E-state index in [1.165, 1.54) is 6.92 Å². The number of hydrogen-bond acceptors (Lipinski definition) is 3. The maximum absolute atomic E-state index is 12.3. The molecule has 2 aromatic carbocycles. The molecule has 1 aromatic heterocycles. The standard InChI is InChI=1S/C17H13NO2S/c1-11(19)18-13-7-8-16-14(9-13)15(20)10-17(21-16)12-5-3-2-4-6-12/h2-10H,1H3,(H,18,19). The highest BCUT2D eigenvalue weighted by molar-refractivity contribution is 7.21. The fourth-order valence-electron chi connectivity index (χ4n) is 2.18. The zero-order valence-electron chi connectivity index (χ0n) is 11.4. The van der Waals surface area contributed by atoms with E-state index in [9.17, 15) is 9.59 Å². The fourth-order valence-corrected chi connectivity index (χ4v) is 3.24. The fraction of sp³-hybridized carbons (Fsp3) is 0.0588. The second-order valence-electron chi connectivity index (χ2n) is 4.73. The monoisotopic (exact) mass is 295 g/mol. The summed E-state index contributed by atoms with van der Waals surface area (Å²) in [6.45, 7) is 1.45. The van der Waals surface area contributed by atoms with Crippen molar-refractivity contribution < 1.29 is 4.79 Å². The minimum atomic E-state index is -0.147. The topological polar surface area (TPSA) is 46.2 Å². The van der Waals surface area contributed by atoms with E-state index < -0.39 is 0 Å². The van der Waals surface area contributed by atoms with E-state index in [4.69, 9.17) is 0 Å². The van der Waals surface area contributed by atoms with Gasteiger partial charge < -0.3 is 5.32 Å². The molecule has 3 rings (SSSR count). The second-order valence-corrected chi connectivity index (χ2v) is 5.82. The normalized spacial score (nSPS) is 10.5. The van der Waals surface area contributed by atoms with Crippen molar-refractivity contribution in [3.8, 4) is 10.4 Å². The first-order chi connectivity index (χ1) is 10.1. The molecule has 1 heterocycles. The van der Waals surface area contributed by atoms with E-state index >= 15 is 0 Å². The minimum Gasteiger partial charge on any atom is -0.326 e. The van der Waals surface area contributed by atoms with Crippen LogP contribution in [0, 0.1) is 0 Å². The molecule has 0 saturated carbocycles. The lowest BCUT2D eigenvalue weighted by Crippen LogP contribution is -2.06. The third-order valence-corrected chi connectivity index (χ3v) is 4.26. The predicted octanol–water partition coefficient (Wildman–Crippen LogP) is 3.89. The number of hydrogen-bond donors (Lipinski definition) is 1. The Morgan fingerprint density at radius 2 is 1.81 bits per heavy atom. The summed E-state index contributed by atoms with van der Waals surface area (Å²) in [7, 11) is 0. The van der Waals surface area contributed by atoms with Crippen molar-refractivity contribution in [3.63, 3.8) is 0 Å². The van der Waals surface area contributed by atoms with Crippen molar-refractivity contribution in [3.05, 3.63) is 64.8 Å². The molecule has 0 fully saturated rings.